The molecule has 0 aliphatic rings. The molecule has 1 unspecified atom stereocenters. The molecule has 0 fully saturated rings. The minimum Gasteiger partial charge on any atom is -0.550 e. The van der Waals surface area contributed by atoms with Gasteiger partial charge in [0.15, 0.2) is 0 Å². The maximum Gasteiger partial charge on any atom is 1.00 e. The number of aliphatic carboxylic acids is 1. The van der Waals surface area contributed by atoms with E-state index < -0.39 is 5.97 Å². The van der Waals surface area contributed by atoms with E-state index in [4.69, 9.17) is 0 Å². The van der Waals surface area contributed by atoms with Crippen molar-refractivity contribution in [3.05, 3.63) is 0 Å². The van der Waals surface area contributed by atoms with Crippen LogP contribution in [0, 0.1) is 0 Å². The number of rotatable bonds is 24. The van der Waals surface area contributed by atoms with E-state index in [0.717, 1.165) is 32.4 Å². The molecule has 0 saturated heterocycles. The van der Waals surface area contributed by atoms with E-state index in [0.29, 0.717) is 0 Å². The smallest absolute Gasteiger partial charge is 0.550 e. The molecule has 0 heterocycles. The monoisotopic (exact) mass is 447 g/mol. The summed E-state index contributed by atoms with van der Waals surface area (Å²) in [4.78, 5) is 13.8. The Labute approximate surface area is 217 Å². The molecule has 0 aromatic rings. The number of nitrogens with zero attached hydrogens (tertiary/aromatic N) is 1. The fraction of sp³-hybridized carbons (Fsp3) is 0.963. The van der Waals surface area contributed by atoms with Crippen molar-refractivity contribution in [1.82, 2.24) is 4.90 Å². The third kappa shape index (κ3) is 23.4. The molecule has 0 aromatic heterocycles. The molecule has 0 radical (unpaired) electrons. The Morgan fingerprint density at radius 3 is 1.32 bits per heavy atom. The summed E-state index contributed by atoms with van der Waals surface area (Å²) >= 11 is 0. The number of carboxylic acids is 1. The predicted molar refractivity (Wildman–Crippen MR) is 130 cm³/mol. The largest absolute Gasteiger partial charge is 1.00 e. The summed E-state index contributed by atoms with van der Waals surface area (Å²) in [5, 5.41) is 11.3. The van der Waals surface area contributed by atoms with Gasteiger partial charge in [0.2, 0.25) is 0 Å². The Balaban J connectivity index is 0. The second kappa shape index (κ2) is 26.7. The van der Waals surface area contributed by atoms with Crippen LogP contribution in [-0.2, 0) is 4.79 Å². The van der Waals surface area contributed by atoms with Crippen LogP contribution in [0.4, 0.5) is 0 Å². The molecule has 4 heteroatoms. The van der Waals surface area contributed by atoms with Crippen molar-refractivity contribution >= 4 is 5.97 Å². The van der Waals surface area contributed by atoms with Crippen LogP contribution in [0.1, 0.15) is 149 Å². The summed E-state index contributed by atoms with van der Waals surface area (Å²) in [6.45, 7) is 8.85. The van der Waals surface area contributed by atoms with E-state index in [1.165, 1.54) is 103 Å². The predicted octanol–water partition coefficient (Wildman–Crippen LogP) is 4.27. The number of carbonyl (C=O) groups is 1. The maximum absolute atomic E-state index is 11.3. The standard InChI is InChI=1S/C27H55NO2.Na/c1-4-7-10-12-14-16-18-20-23-28(26(22-9-6-3)25-27(29)30)24-21-19-17-15-13-11-8-5-2;/h26H,4-25H2,1-3H3,(H,29,30);/q;+1/p-1. The summed E-state index contributed by atoms with van der Waals surface area (Å²) in [6, 6.07) is 0.170. The van der Waals surface area contributed by atoms with Crippen molar-refractivity contribution < 1.29 is 39.5 Å². The Morgan fingerprint density at radius 1 is 0.613 bits per heavy atom. The fourth-order valence-corrected chi connectivity index (χ4v) is 4.42. The average Bonchev–Trinajstić information content (AvgIpc) is 2.73. The SMILES string of the molecule is CCCCCCCCCCN(CCCCCCCCCC)C(CCCC)CC(=O)[O-].[Na+]. The first-order valence-corrected chi connectivity index (χ1v) is 13.6. The van der Waals surface area contributed by atoms with Gasteiger partial charge < -0.3 is 14.8 Å². The van der Waals surface area contributed by atoms with Gasteiger partial charge in [0.05, 0.1) is 0 Å². The number of carbonyl (C=O) groups excluding carboxylic acids is 1. The van der Waals surface area contributed by atoms with E-state index >= 15 is 0 Å². The number of carboxylic acid groups (broad SMARTS) is 1. The first-order chi connectivity index (χ1) is 14.7. The van der Waals surface area contributed by atoms with Crippen LogP contribution in [0.15, 0.2) is 0 Å². The van der Waals surface area contributed by atoms with Crippen LogP contribution < -0.4 is 34.7 Å². The van der Waals surface area contributed by atoms with Gasteiger partial charge in [-0.25, -0.2) is 0 Å². The Bertz CT molecular complexity index is 345. The van der Waals surface area contributed by atoms with Crippen LogP contribution in [0.3, 0.4) is 0 Å². The van der Waals surface area contributed by atoms with Crippen LogP contribution in [0.5, 0.6) is 0 Å². The second-order valence-electron chi connectivity index (χ2n) is 9.36. The van der Waals surface area contributed by atoms with E-state index in [1.807, 2.05) is 0 Å². The maximum atomic E-state index is 11.3. The zero-order chi connectivity index (χ0) is 22.3. The number of hydrogen-bond donors (Lipinski definition) is 0. The van der Waals surface area contributed by atoms with Gasteiger partial charge >= 0.3 is 29.6 Å². The third-order valence-corrected chi connectivity index (χ3v) is 6.41. The average molecular weight is 448 g/mol. The van der Waals surface area contributed by atoms with Crippen LogP contribution in [0.2, 0.25) is 0 Å². The van der Waals surface area contributed by atoms with Gasteiger partial charge in [-0.1, -0.05) is 124 Å². The van der Waals surface area contributed by atoms with Gasteiger partial charge in [0.25, 0.3) is 0 Å². The Hall–Kier alpha value is 0.430. The van der Waals surface area contributed by atoms with Crippen molar-refractivity contribution in [3.8, 4) is 0 Å². The number of unbranched alkanes of at least 4 members (excludes halogenated alkanes) is 15. The molecule has 0 rings (SSSR count). The minimum absolute atomic E-state index is 0. The topological polar surface area (TPSA) is 43.4 Å². The molecule has 0 aliphatic heterocycles. The van der Waals surface area contributed by atoms with E-state index in [1.54, 1.807) is 0 Å². The molecule has 0 aliphatic carbocycles. The van der Waals surface area contributed by atoms with Crippen LogP contribution in [0.25, 0.3) is 0 Å². The van der Waals surface area contributed by atoms with Crippen LogP contribution in [-0.4, -0.2) is 30.0 Å². The molecule has 0 bridgehead atoms. The summed E-state index contributed by atoms with van der Waals surface area (Å²) in [6.07, 6.45) is 24.7. The van der Waals surface area contributed by atoms with E-state index in [2.05, 4.69) is 25.7 Å². The first-order valence-electron chi connectivity index (χ1n) is 13.6. The molecule has 0 aromatic carbocycles. The van der Waals surface area contributed by atoms with E-state index in [9.17, 15) is 9.90 Å². The van der Waals surface area contributed by atoms with Crippen molar-refractivity contribution in [3.63, 3.8) is 0 Å². The van der Waals surface area contributed by atoms with Gasteiger partial charge in [-0.05, 0) is 32.4 Å². The minimum atomic E-state index is -0.882. The summed E-state index contributed by atoms with van der Waals surface area (Å²) in [5.41, 5.74) is 0. The molecular formula is C27H54NNaO2. The summed E-state index contributed by atoms with van der Waals surface area (Å²) in [7, 11) is 0. The fourth-order valence-electron chi connectivity index (χ4n) is 4.42. The summed E-state index contributed by atoms with van der Waals surface area (Å²) < 4.78 is 0. The molecular weight excluding hydrogens is 393 g/mol. The normalized spacial score (nSPS) is 12.1. The van der Waals surface area contributed by atoms with Gasteiger partial charge in [-0.15, -0.1) is 0 Å². The molecule has 31 heavy (non-hydrogen) atoms. The van der Waals surface area contributed by atoms with Crippen molar-refractivity contribution in [2.75, 3.05) is 13.1 Å². The van der Waals surface area contributed by atoms with Crippen molar-refractivity contribution in [1.29, 1.82) is 0 Å². The first kappa shape index (κ1) is 33.6. The second-order valence-corrected chi connectivity index (χ2v) is 9.36. The van der Waals surface area contributed by atoms with Crippen molar-refractivity contribution in [2.24, 2.45) is 0 Å². The molecule has 180 valence electrons. The Morgan fingerprint density at radius 2 is 0.968 bits per heavy atom. The number of hydrogen-bond acceptors (Lipinski definition) is 3. The quantitative estimate of drug-likeness (QED) is 0.164. The van der Waals surface area contributed by atoms with Crippen LogP contribution >= 0.6 is 0 Å². The Kier molecular flexibility index (Phi) is 28.9. The van der Waals surface area contributed by atoms with Gasteiger partial charge in [-0.2, -0.15) is 0 Å². The molecule has 0 spiro atoms. The molecule has 0 amide bonds. The molecule has 0 N–H and O–H groups in total. The zero-order valence-corrected chi connectivity index (χ0v) is 23.9. The summed E-state index contributed by atoms with van der Waals surface area (Å²) in [5.74, 6) is -0.882. The van der Waals surface area contributed by atoms with Gasteiger partial charge in [0, 0.05) is 18.4 Å². The molecule has 1 atom stereocenters. The molecule has 3 nitrogen and oxygen atoms in total. The van der Waals surface area contributed by atoms with Gasteiger partial charge in [-0.3, -0.25) is 0 Å². The zero-order valence-electron chi connectivity index (χ0n) is 21.9. The molecule has 0 saturated carbocycles. The van der Waals surface area contributed by atoms with Crippen molar-refractivity contribution in [2.45, 2.75) is 155 Å². The van der Waals surface area contributed by atoms with Gasteiger partial charge in [0.1, 0.15) is 0 Å². The third-order valence-electron chi connectivity index (χ3n) is 6.41. The van der Waals surface area contributed by atoms with E-state index in [-0.39, 0.29) is 42.0 Å².